The molecule has 0 unspecified atom stereocenters. The summed E-state index contributed by atoms with van der Waals surface area (Å²) >= 11 is 6.56. The molecule has 2 N–H and O–H groups in total. The monoisotopic (exact) mass is 374 g/mol. The number of fused-ring (bicyclic) bond motifs is 1. The Hall–Kier alpha value is -2.54. The highest BCUT2D eigenvalue weighted by Gasteiger charge is 2.21. The number of anilines is 2. The summed E-state index contributed by atoms with van der Waals surface area (Å²) in [6.45, 7) is 4.31. The number of hydrogen-bond donors (Lipinski definition) is 2. The smallest absolute Gasteiger partial charge is 0.256 e. The zero-order valence-corrected chi connectivity index (χ0v) is 16.1. The molecule has 8 heteroatoms. The molecule has 0 aliphatic rings. The molecule has 0 saturated heterocycles. The molecule has 2 aromatic heterocycles. The highest BCUT2D eigenvalue weighted by molar-refractivity contribution is 6.33. The van der Waals surface area contributed by atoms with Crippen molar-refractivity contribution >= 4 is 29.0 Å². The molecule has 3 rings (SSSR count). The number of aromatic nitrogens is 4. The van der Waals surface area contributed by atoms with Crippen LogP contribution < -0.4 is 15.4 Å². The summed E-state index contributed by atoms with van der Waals surface area (Å²) in [4.78, 5) is 8.82. The quantitative estimate of drug-likeness (QED) is 0.648. The molecule has 138 valence electrons. The van der Waals surface area contributed by atoms with Crippen LogP contribution >= 0.6 is 11.6 Å². The first-order chi connectivity index (χ1) is 12.6. The number of rotatable bonds is 7. The van der Waals surface area contributed by atoms with Crippen LogP contribution in [0.25, 0.3) is 16.9 Å². The maximum atomic E-state index is 6.56. The maximum Gasteiger partial charge on any atom is 0.256 e. The largest absolute Gasteiger partial charge is 0.497 e. The summed E-state index contributed by atoms with van der Waals surface area (Å²) in [6, 6.07) is 5.90. The molecule has 1 aromatic carbocycles. The number of methoxy groups -OCH3 is 1. The Balaban J connectivity index is 2.28. The number of nitrogens with zero attached hydrogens (tertiary/aromatic N) is 4. The van der Waals surface area contributed by atoms with Crippen LogP contribution in [0.3, 0.4) is 0 Å². The van der Waals surface area contributed by atoms with E-state index in [0.29, 0.717) is 28.4 Å². The summed E-state index contributed by atoms with van der Waals surface area (Å²) in [6.07, 6.45) is 3.47. The average molecular weight is 375 g/mol. The molecule has 0 fully saturated rings. The molecule has 3 aromatic rings. The lowest BCUT2D eigenvalue weighted by atomic mass is 10.0. The van der Waals surface area contributed by atoms with E-state index in [-0.39, 0.29) is 0 Å². The van der Waals surface area contributed by atoms with Gasteiger partial charge in [-0.2, -0.15) is 19.6 Å². The van der Waals surface area contributed by atoms with E-state index in [0.717, 1.165) is 29.8 Å². The predicted octanol–water partition coefficient (Wildman–Crippen LogP) is 4.10. The Labute approximate surface area is 157 Å². The van der Waals surface area contributed by atoms with E-state index in [1.807, 2.05) is 19.2 Å². The van der Waals surface area contributed by atoms with Crippen molar-refractivity contribution in [2.75, 3.05) is 24.8 Å². The van der Waals surface area contributed by atoms with Gasteiger partial charge < -0.3 is 15.4 Å². The van der Waals surface area contributed by atoms with Gasteiger partial charge in [0.2, 0.25) is 0 Å². The zero-order valence-electron chi connectivity index (χ0n) is 15.4. The van der Waals surface area contributed by atoms with E-state index >= 15 is 0 Å². The minimum atomic E-state index is 0.297. The van der Waals surface area contributed by atoms with Crippen molar-refractivity contribution in [3.63, 3.8) is 0 Å². The molecule has 0 aliphatic heterocycles. The van der Waals surface area contributed by atoms with Crippen LogP contribution in [-0.2, 0) is 0 Å². The van der Waals surface area contributed by atoms with Crippen LogP contribution in [0.4, 0.5) is 11.6 Å². The SMILES string of the molecule is CCC(CC)Nc1c(-c2ccc(OC)cc2Cl)c(NC)nc2ncnn12. The lowest BCUT2D eigenvalue weighted by molar-refractivity contribution is 0.415. The van der Waals surface area contributed by atoms with Gasteiger partial charge in [-0.3, -0.25) is 0 Å². The van der Waals surface area contributed by atoms with Gasteiger partial charge in [0.15, 0.2) is 0 Å². The number of benzene rings is 1. The Morgan fingerprint density at radius 2 is 2.04 bits per heavy atom. The van der Waals surface area contributed by atoms with Gasteiger partial charge in [-0.1, -0.05) is 25.4 Å². The second-order valence-corrected chi connectivity index (χ2v) is 6.32. The van der Waals surface area contributed by atoms with Gasteiger partial charge in [0, 0.05) is 18.7 Å². The summed E-state index contributed by atoms with van der Waals surface area (Å²) < 4.78 is 6.99. The van der Waals surface area contributed by atoms with Crippen LogP contribution in [0.15, 0.2) is 24.5 Å². The lowest BCUT2D eigenvalue weighted by Crippen LogP contribution is -2.21. The fourth-order valence-electron chi connectivity index (χ4n) is 2.92. The van der Waals surface area contributed by atoms with Crippen molar-refractivity contribution in [3.05, 3.63) is 29.5 Å². The van der Waals surface area contributed by atoms with Gasteiger partial charge >= 0.3 is 0 Å². The Morgan fingerprint density at radius 3 is 2.65 bits per heavy atom. The van der Waals surface area contributed by atoms with Gasteiger partial charge in [-0.15, -0.1) is 0 Å². The highest BCUT2D eigenvalue weighted by atomic mass is 35.5. The topological polar surface area (TPSA) is 76.4 Å². The molecule has 0 bridgehead atoms. The van der Waals surface area contributed by atoms with E-state index in [4.69, 9.17) is 16.3 Å². The summed E-state index contributed by atoms with van der Waals surface area (Å²) in [7, 11) is 3.45. The summed E-state index contributed by atoms with van der Waals surface area (Å²) in [5.41, 5.74) is 1.69. The second-order valence-electron chi connectivity index (χ2n) is 5.91. The number of hydrogen-bond acceptors (Lipinski definition) is 6. The third-order valence-electron chi connectivity index (χ3n) is 4.44. The second kappa shape index (κ2) is 7.78. The van der Waals surface area contributed by atoms with E-state index in [1.165, 1.54) is 6.33 Å². The van der Waals surface area contributed by atoms with Crippen LogP contribution in [0, 0.1) is 0 Å². The minimum Gasteiger partial charge on any atom is -0.497 e. The standard InChI is InChI=1S/C18H23ClN6O/c1-5-11(6-2)23-17-15(13-8-7-12(26-4)9-14(13)19)16(20-3)24-18-21-10-22-25(17)18/h7-11,23H,5-6H2,1-4H3,(H,20,21,22,24). The van der Waals surface area contributed by atoms with Crippen molar-refractivity contribution in [2.45, 2.75) is 32.7 Å². The molecular weight excluding hydrogens is 352 g/mol. The normalized spacial score (nSPS) is 11.2. The first-order valence-corrected chi connectivity index (χ1v) is 9.02. The molecular formula is C18H23ClN6O. The third-order valence-corrected chi connectivity index (χ3v) is 4.75. The van der Waals surface area contributed by atoms with Gasteiger partial charge in [0.05, 0.1) is 17.7 Å². The van der Waals surface area contributed by atoms with E-state index in [9.17, 15) is 0 Å². The first-order valence-electron chi connectivity index (χ1n) is 8.64. The fourth-order valence-corrected chi connectivity index (χ4v) is 3.19. The molecule has 26 heavy (non-hydrogen) atoms. The average Bonchev–Trinajstić information content (AvgIpc) is 3.14. The molecule has 0 atom stereocenters. The van der Waals surface area contributed by atoms with Crippen molar-refractivity contribution < 1.29 is 4.74 Å². The number of halogens is 1. The van der Waals surface area contributed by atoms with E-state index < -0.39 is 0 Å². The first kappa shape index (κ1) is 18.3. The molecule has 0 aliphatic carbocycles. The molecule has 0 amide bonds. The minimum absolute atomic E-state index is 0.297. The Morgan fingerprint density at radius 1 is 1.27 bits per heavy atom. The van der Waals surface area contributed by atoms with Crippen LogP contribution in [0.2, 0.25) is 5.02 Å². The molecule has 2 heterocycles. The Kier molecular flexibility index (Phi) is 5.46. The zero-order chi connectivity index (χ0) is 18.7. The maximum absolute atomic E-state index is 6.56. The Bertz CT molecular complexity index is 906. The van der Waals surface area contributed by atoms with Crippen molar-refractivity contribution in [1.82, 2.24) is 19.6 Å². The molecule has 0 spiro atoms. The van der Waals surface area contributed by atoms with Gasteiger partial charge in [0.25, 0.3) is 5.78 Å². The van der Waals surface area contributed by atoms with Crippen molar-refractivity contribution in [2.24, 2.45) is 0 Å². The molecule has 0 saturated carbocycles. The van der Waals surface area contributed by atoms with E-state index in [2.05, 4.69) is 39.5 Å². The lowest BCUT2D eigenvalue weighted by Gasteiger charge is -2.22. The van der Waals surface area contributed by atoms with Gasteiger partial charge in [-0.05, 0) is 31.0 Å². The molecule has 7 nitrogen and oxygen atoms in total. The van der Waals surface area contributed by atoms with Gasteiger partial charge in [0.1, 0.15) is 23.7 Å². The fraction of sp³-hybridized carbons (Fsp3) is 0.389. The molecule has 0 radical (unpaired) electrons. The van der Waals surface area contributed by atoms with Crippen molar-refractivity contribution in [1.29, 1.82) is 0 Å². The van der Waals surface area contributed by atoms with Gasteiger partial charge in [-0.25, -0.2) is 0 Å². The van der Waals surface area contributed by atoms with Crippen LogP contribution in [-0.4, -0.2) is 39.8 Å². The predicted molar refractivity (Wildman–Crippen MR) is 105 cm³/mol. The van der Waals surface area contributed by atoms with Crippen LogP contribution in [0.1, 0.15) is 26.7 Å². The summed E-state index contributed by atoms with van der Waals surface area (Å²) in [5, 5.41) is 11.7. The third kappa shape index (κ3) is 3.26. The van der Waals surface area contributed by atoms with Crippen LogP contribution in [0.5, 0.6) is 5.75 Å². The number of ether oxygens (including phenoxy) is 1. The van der Waals surface area contributed by atoms with E-state index in [1.54, 1.807) is 17.7 Å². The number of nitrogens with one attached hydrogen (secondary N) is 2. The van der Waals surface area contributed by atoms with Crippen molar-refractivity contribution in [3.8, 4) is 16.9 Å². The summed E-state index contributed by atoms with van der Waals surface area (Å²) in [5.74, 6) is 2.73. The highest BCUT2D eigenvalue weighted by Crippen LogP contribution is 2.40.